The van der Waals surface area contributed by atoms with E-state index >= 15 is 4.79 Å². The molecule has 10 nitrogen and oxygen atoms in total. The van der Waals surface area contributed by atoms with E-state index in [1.165, 1.54) is 4.90 Å². The van der Waals surface area contributed by atoms with Gasteiger partial charge in [-0.1, -0.05) is 31.5 Å². The van der Waals surface area contributed by atoms with E-state index in [2.05, 4.69) is 11.1 Å². The van der Waals surface area contributed by atoms with Crippen molar-refractivity contribution in [2.75, 3.05) is 26.2 Å². The number of likely N-dealkylation sites (tertiary alicyclic amines) is 2. The monoisotopic (exact) mass is 820 g/mol. The Labute approximate surface area is 329 Å². The normalized spacial score (nSPS) is 23.8. The molecule has 306 valence electrons. The van der Waals surface area contributed by atoms with Crippen LogP contribution in [0.25, 0.3) is 0 Å². The van der Waals surface area contributed by atoms with Gasteiger partial charge in [0.05, 0.1) is 41.2 Å². The minimum absolute atomic E-state index is 0.0137. The number of alkyl halides is 6. The lowest BCUT2D eigenvalue weighted by Gasteiger charge is -2.51. The molecule has 3 aliphatic rings. The average Bonchev–Trinajstić information content (AvgIpc) is 3.88. The van der Waals surface area contributed by atoms with Crippen molar-refractivity contribution in [2.24, 2.45) is 11.8 Å². The molecule has 0 spiro atoms. The number of carbonyl (C=O) groups excluding carboxylic acids is 2. The fourth-order valence-corrected chi connectivity index (χ4v) is 9.23. The van der Waals surface area contributed by atoms with Gasteiger partial charge in [-0.05, 0) is 63.0 Å². The number of halogens is 6. The highest BCUT2D eigenvalue weighted by molar-refractivity contribution is 7.10. The highest BCUT2D eigenvalue weighted by Crippen LogP contribution is 2.45. The van der Waals surface area contributed by atoms with Gasteiger partial charge in [-0.3, -0.25) is 19.4 Å². The quantitative estimate of drug-likeness (QED) is 0.191. The van der Waals surface area contributed by atoms with Crippen LogP contribution in [0.1, 0.15) is 91.1 Å². The number of rotatable bonds is 11. The number of nitrogens with zero attached hydrogens (tertiary/aromatic N) is 4. The van der Waals surface area contributed by atoms with E-state index in [0.717, 1.165) is 28.7 Å². The molecule has 6 rings (SSSR count). The summed E-state index contributed by atoms with van der Waals surface area (Å²) in [7, 11) is 0. The first-order chi connectivity index (χ1) is 27.0. The standard InChI is InChI=1S/C40H42F6N4O6S/c1-2-6-32-38(56-27-20-33(57-23-27)40(44,45)46,12-5-16-50(32)34(51)28-21-48-15-11-29(28)39(41,42)43)36(54)49-17-13-37(24-47,14-18-49)30-7-3-4-8-31(30)55-22-25-9-10-26(19-25)35(52)53/h3-4,7-8,11,15,20-21,23,25-26,32H,2,5-6,9-10,12-14,16-19,22H2,1H3,(H,52,53)/t25?,26-,32-,38+/m1/s1. The largest absolute Gasteiger partial charge is 0.493 e. The summed E-state index contributed by atoms with van der Waals surface area (Å²) in [5.74, 6) is -2.73. The number of aliphatic carboxylic acids is 1. The SMILES string of the molecule is CCC[C@H]1N(C(=O)c2cnccc2C(F)(F)F)CCC[C@@]1(Oc1csc(C(F)(F)F)c1)C(=O)N1CCC(C#N)(c2ccccc2OCC2CC[C@@H](C(=O)O)C2)CC1. The van der Waals surface area contributed by atoms with Crippen LogP contribution in [0, 0.1) is 23.2 Å². The van der Waals surface area contributed by atoms with Gasteiger partial charge in [-0.2, -0.15) is 31.6 Å². The Bertz CT molecular complexity index is 1990. The number of hydrogen-bond acceptors (Lipinski definition) is 8. The summed E-state index contributed by atoms with van der Waals surface area (Å²) in [4.78, 5) is 46.0. The first-order valence-electron chi connectivity index (χ1n) is 18.9. The molecule has 2 aliphatic heterocycles. The first kappa shape index (κ1) is 41.8. The van der Waals surface area contributed by atoms with Crippen LogP contribution in [0.3, 0.4) is 0 Å². The zero-order chi connectivity index (χ0) is 41.2. The van der Waals surface area contributed by atoms with E-state index in [9.17, 15) is 46.3 Å². The molecule has 4 atom stereocenters. The maximum absolute atomic E-state index is 15.0. The predicted molar refractivity (Wildman–Crippen MR) is 194 cm³/mol. The number of nitriles is 1. The van der Waals surface area contributed by atoms with Crippen LogP contribution in [0.2, 0.25) is 0 Å². The van der Waals surface area contributed by atoms with Crippen LogP contribution in [-0.4, -0.2) is 75.6 Å². The molecule has 3 fully saturated rings. The van der Waals surface area contributed by atoms with E-state index in [4.69, 9.17) is 9.47 Å². The summed E-state index contributed by atoms with van der Waals surface area (Å²) in [5.41, 5.74) is -4.43. The molecule has 2 aromatic heterocycles. The molecular formula is C40H42F6N4O6S. The molecule has 3 aromatic rings. The Kier molecular flexibility index (Phi) is 12.1. The number of thiophene rings is 1. The number of hydrogen-bond donors (Lipinski definition) is 1. The van der Waals surface area contributed by atoms with Crippen molar-refractivity contribution in [3.05, 3.63) is 75.7 Å². The molecule has 1 unspecified atom stereocenters. The van der Waals surface area contributed by atoms with Gasteiger partial charge < -0.3 is 24.4 Å². The average molecular weight is 821 g/mol. The van der Waals surface area contributed by atoms with Crippen molar-refractivity contribution in [3.63, 3.8) is 0 Å². The van der Waals surface area contributed by atoms with Crippen molar-refractivity contribution in [1.29, 1.82) is 5.26 Å². The number of pyridine rings is 1. The van der Waals surface area contributed by atoms with Crippen LogP contribution in [0.4, 0.5) is 26.3 Å². The van der Waals surface area contributed by atoms with E-state index in [-0.39, 0.29) is 70.0 Å². The zero-order valence-electron chi connectivity index (χ0n) is 31.1. The third-order valence-electron chi connectivity index (χ3n) is 11.4. The van der Waals surface area contributed by atoms with E-state index in [0.29, 0.717) is 54.4 Å². The number of amides is 2. The van der Waals surface area contributed by atoms with Crippen LogP contribution < -0.4 is 9.47 Å². The molecule has 1 aromatic carbocycles. The van der Waals surface area contributed by atoms with Crippen LogP contribution >= 0.6 is 11.3 Å². The molecule has 2 amide bonds. The van der Waals surface area contributed by atoms with Gasteiger partial charge in [0, 0.05) is 55.5 Å². The second-order valence-corrected chi connectivity index (χ2v) is 15.9. The molecule has 57 heavy (non-hydrogen) atoms. The maximum Gasteiger partial charge on any atom is 0.425 e. The Morgan fingerprint density at radius 1 is 1.04 bits per heavy atom. The molecule has 4 heterocycles. The van der Waals surface area contributed by atoms with Crippen LogP contribution in [0.15, 0.2) is 54.2 Å². The molecule has 2 saturated heterocycles. The summed E-state index contributed by atoms with van der Waals surface area (Å²) >= 11 is 0.366. The van der Waals surface area contributed by atoms with Crippen molar-refractivity contribution in [3.8, 4) is 17.6 Å². The molecule has 1 aliphatic carbocycles. The fourth-order valence-electron chi connectivity index (χ4n) is 8.55. The molecule has 1 saturated carbocycles. The van der Waals surface area contributed by atoms with Crippen molar-refractivity contribution < 1.29 is 55.3 Å². The third-order valence-corrected chi connectivity index (χ3v) is 12.4. The van der Waals surface area contributed by atoms with E-state index in [1.54, 1.807) is 31.2 Å². The lowest BCUT2D eigenvalue weighted by Crippen LogP contribution is -2.68. The molecule has 0 bridgehead atoms. The Morgan fingerprint density at radius 3 is 2.40 bits per heavy atom. The van der Waals surface area contributed by atoms with Crippen LogP contribution in [0.5, 0.6) is 11.5 Å². The summed E-state index contributed by atoms with van der Waals surface area (Å²) in [6.07, 6.45) is -5.41. The topological polar surface area (TPSA) is 133 Å². The van der Waals surface area contributed by atoms with Gasteiger partial charge in [0.1, 0.15) is 16.4 Å². The maximum atomic E-state index is 15.0. The first-order valence-corrected chi connectivity index (χ1v) is 19.7. The number of benzene rings is 1. The van der Waals surface area contributed by atoms with Crippen LogP contribution in [-0.2, 0) is 27.4 Å². The van der Waals surface area contributed by atoms with Crippen molar-refractivity contribution in [2.45, 2.75) is 94.1 Å². The van der Waals surface area contributed by atoms with Gasteiger partial charge in [0.25, 0.3) is 11.8 Å². The number of aromatic nitrogens is 1. The fraction of sp³-hybridized carbons (Fsp3) is 0.525. The number of ether oxygens (including phenoxy) is 2. The Morgan fingerprint density at radius 2 is 1.77 bits per heavy atom. The number of carboxylic acid groups (broad SMARTS) is 1. The van der Waals surface area contributed by atoms with Gasteiger partial charge >= 0.3 is 18.3 Å². The molecular weight excluding hydrogens is 779 g/mol. The third kappa shape index (κ3) is 8.56. The summed E-state index contributed by atoms with van der Waals surface area (Å²) in [6, 6.07) is 9.76. The summed E-state index contributed by atoms with van der Waals surface area (Å²) in [5, 5.41) is 21.2. The highest BCUT2D eigenvalue weighted by atomic mass is 32.1. The lowest BCUT2D eigenvalue weighted by atomic mass is 9.72. The summed E-state index contributed by atoms with van der Waals surface area (Å²) in [6.45, 7) is 2.00. The Hall–Kier alpha value is -4.85. The highest BCUT2D eigenvalue weighted by Gasteiger charge is 2.57. The number of carbonyl (C=O) groups is 3. The molecule has 0 radical (unpaired) electrons. The zero-order valence-corrected chi connectivity index (χ0v) is 31.9. The Balaban J connectivity index is 1.31. The van der Waals surface area contributed by atoms with E-state index in [1.807, 2.05) is 0 Å². The molecule has 1 N–H and O–H groups in total. The van der Waals surface area contributed by atoms with E-state index < -0.39 is 69.1 Å². The molecule has 17 heteroatoms. The minimum atomic E-state index is -4.90. The number of piperidine rings is 2. The second kappa shape index (κ2) is 16.6. The van der Waals surface area contributed by atoms with Gasteiger partial charge in [0.2, 0.25) is 5.60 Å². The van der Waals surface area contributed by atoms with Gasteiger partial charge in [0.15, 0.2) is 0 Å². The lowest BCUT2D eigenvalue weighted by molar-refractivity contribution is -0.160. The summed E-state index contributed by atoms with van der Waals surface area (Å²) < 4.78 is 96.1. The number of para-hydroxylation sites is 1. The van der Waals surface area contributed by atoms with Crippen molar-refractivity contribution >= 4 is 29.1 Å². The number of carboxylic acids is 1. The minimum Gasteiger partial charge on any atom is -0.493 e. The predicted octanol–water partition coefficient (Wildman–Crippen LogP) is 8.37. The van der Waals surface area contributed by atoms with Crippen molar-refractivity contribution in [1.82, 2.24) is 14.8 Å². The van der Waals surface area contributed by atoms with Gasteiger partial charge in [-0.15, -0.1) is 11.3 Å². The van der Waals surface area contributed by atoms with Gasteiger partial charge in [-0.25, -0.2) is 0 Å². The second-order valence-electron chi connectivity index (χ2n) is 15.0. The smallest absolute Gasteiger partial charge is 0.425 e.